The number of para-hydroxylation sites is 1. The third-order valence-corrected chi connectivity index (χ3v) is 4.31. The number of rotatable bonds is 9. The molecule has 3 nitrogen and oxygen atoms in total. The van der Waals surface area contributed by atoms with Gasteiger partial charge in [0.15, 0.2) is 0 Å². The van der Waals surface area contributed by atoms with Crippen LogP contribution in [0.25, 0.3) is 0 Å². The molecular weight excluding hydrogens is 341 g/mol. The minimum absolute atomic E-state index is 0.236. The van der Waals surface area contributed by atoms with Crippen LogP contribution >= 0.6 is 0 Å². The number of benzene rings is 3. The van der Waals surface area contributed by atoms with Crippen molar-refractivity contribution in [3.8, 4) is 11.5 Å². The molecule has 4 heteroatoms. The van der Waals surface area contributed by atoms with Crippen molar-refractivity contribution in [1.82, 2.24) is 5.32 Å². The van der Waals surface area contributed by atoms with Crippen LogP contribution in [-0.2, 0) is 19.6 Å². The summed E-state index contributed by atoms with van der Waals surface area (Å²) >= 11 is 0. The summed E-state index contributed by atoms with van der Waals surface area (Å²) in [5.74, 6) is 1.50. The second kappa shape index (κ2) is 9.74. The molecule has 27 heavy (non-hydrogen) atoms. The molecule has 3 rings (SSSR count). The smallest absolute Gasteiger partial charge is 0.123 e. The molecule has 3 aromatic rings. The molecule has 0 atom stereocenters. The van der Waals surface area contributed by atoms with E-state index in [2.05, 4.69) is 17.4 Å². The lowest BCUT2D eigenvalue weighted by Crippen LogP contribution is -2.17. The summed E-state index contributed by atoms with van der Waals surface area (Å²) in [6, 6.07) is 22.5. The third kappa shape index (κ3) is 5.83. The number of nitrogens with one attached hydrogen (secondary N) is 1. The van der Waals surface area contributed by atoms with Crippen molar-refractivity contribution in [2.45, 2.75) is 19.6 Å². The highest BCUT2D eigenvalue weighted by molar-refractivity contribution is 5.33. The molecule has 3 aromatic carbocycles. The molecule has 0 spiro atoms. The summed E-state index contributed by atoms with van der Waals surface area (Å²) in [7, 11) is 1.70. The van der Waals surface area contributed by atoms with Gasteiger partial charge in [-0.05, 0) is 60.0 Å². The maximum atomic E-state index is 12.9. The first-order valence-corrected chi connectivity index (χ1v) is 9.03. The molecule has 0 bridgehead atoms. The molecule has 0 unspecified atom stereocenters. The van der Waals surface area contributed by atoms with Gasteiger partial charge < -0.3 is 14.8 Å². The molecule has 1 N–H and O–H groups in total. The monoisotopic (exact) mass is 365 g/mol. The van der Waals surface area contributed by atoms with Crippen molar-refractivity contribution in [2.24, 2.45) is 0 Å². The molecule has 0 amide bonds. The number of halogens is 1. The summed E-state index contributed by atoms with van der Waals surface area (Å²) < 4.78 is 24.1. The van der Waals surface area contributed by atoms with Gasteiger partial charge in [0.25, 0.3) is 0 Å². The Morgan fingerprint density at radius 3 is 2.52 bits per heavy atom. The van der Waals surface area contributed by atoms with Gasteiger partial charge in [-0.2, -0.15) is 0 Å². The van der Waals surface area contributed by atoms with Crippen LogP contribution < -0.4 is 14.8 Å². The highest BCUT2D eigenvalue weighted by atomic mass is 19.1. The van der Waals surface area contributed by atoms with E-state index in [1.165, 1.54) is 17.7 Å². The van der Waals surface area contributed by atoms with Crippen molar-refractivity contribution in [1.29, 1.82) is 0 Å². The summed E-state index contributed by atoms with van der Waals surface area (Å²) in [6.45, 7) is 2.05. The van der Waals surface area contributed by atoms with Crippen LogP contribution in [0.1, 0.15) is 16.7 Å². The number of methoxy groups -OCH3 is 1. The fourth-order valence-corrected chi connectivity index (χ4v) is 2.86. The predicted octanol–water partition coefficient (Wildman–Crippen LogP) is 4.75. The van der Waals surface area contributed by atoms with Crippen LogP contribution in [0.15, 0.2) is 72.8 Å². The van der Waals surface area contributed by atoms with E-state index in [1.807, 2.05) is 36.4 Å². The molecule has 0 saturated carbocycles. The first-order valence-electron chi connectivity index (χ1n) is 9.03. The van der Waals surface area contributed by atoms with Crippen LogP contribution in [0, 0.1) is 5.82 Å². The number of hydrogen-bond acceptors (Lipinski definition) is 3. The summed E-state index contributed by atoms with van der Waals surface area (Å²) in [5.41, 5.74) is 3.30. The molecular formula is C23H24FNO2. The maximum Gasteiger partial charge on any atom is 0.123 e. The Hall–Kier alpha value is -2.85. The Morgan fingerprint density at radius 2 is 1.70 bits per heavy atom. The van der Waals surface area contributed by atoms with Gasteiger partial charge in [-0.25, -0.2) is 4.39 Å². The van der Waals surface area contributed by atoms with Crippen molar-refractivity contribution in [2.75, 3.05) is 13.7 Å². The fraction of sp³-hybridized carbons (Fsp3) is 0.217. The topological polar surface area (TPSA) is 30.5 Å². The van der Waals surface area contributed by atoms with E-state index in [0.29, 0.717) is 6.61 Å². The van der Waals surface area contributed by atoms with Crippen molar-refractivity contribution < 1.29 is 13.9 Å². The van der Waals surface area contributed by atoms with Gasteiger partial charge >= 0.3 is 0 Å². The normalized spacial score (nSPS) is 10.6. The van der Waals surface area contributed by atoms with Crippen molar-refractivity contribution in [3.63, 3.8) is 0 Å². The van der Waals surface area contributed by atoms with Gasteiger partial charge in [0.2, 0.25) is 0 Å². The van der Waals surface area contributed by atoms with E-state index in [-0.39, 0.29) is 5.82 Å². The van der Waals surface area contributed by atoms with Gasteiger partial charge in [0, 0.05) is 6.54 Å². The van der Waals surface area contributed by atoms with E-state index >= 15 is 0 Å². The Morgan fingerprint density at radius 1 is 0.889 bits per heavy atom. The number of ether oxygens (including phenoxy) is 2. The Kier molecular flexibility index (Phi) is 6.83. The lowest BCUT2D eigenvalue weighted by atomic mass is 10.1. The highest BCUT2D eigenvalue weighted by Crippen LogP contribution is 2.18. The van der Waals surface area contributed by atoms with Crippen LogP contribution in [0.4, 0.5) is 4.39 Å². The number of hydrogen-bond donors (Lipinski definition) is 1. The summed E-state index contributed by atoms with van der Waals surface area (Å²) in [6.07, 6.45) is 0.908. The summed E-state index contributed by atoms with van der Waals surface area (Å²) in [5, 5.41) is 3.46. The van der Waals surface area contributed by atoms with Gasteiger partial charge in [0.05, 0.1) is 7.11 Å². The molecule has 0 aliphatic carbocycles. The zero-order chi connectivity index (χ0) is 18.9. The largest absolute Gasteiger partial charge is 0.496 e. The van der Waals surface area contributed by atoms with Gasteiger partial charge in [-0.15, -0.1) is 0 Å². The second-order valence-electron chi connectivity index (χ2n) is 6.30. The quantitative estimate of drug-likeness (QED) is 0.555. The van der Waals surface area contributed by atoms with E-state index < -0.39 is 0 Å². The zero-order valence-electron chi connectivity index (χ0n) is 15.5. The molecule has 0 fully saturated rings. The zero-order valence-corrected chi connectivity index (χ0v) is 15.5. The van der Waals surface area contributed by atoms with E-state index in [4.69, 9.17) is 9.47 Å². The van der Waals surface area contributed by atoms with E-state index in [0.717, 1.165) is 42.1 Å². The van der Waals surface area contributed by atoms with Gasteiger partial charge in [-0.1, -0.05) is 42.5 Å². The molecule has 0 heterocycles. The third-order valence-electron chi connectivity index (χ3n) is 4.31. The fourth-order valence-electron chi connectivity index (χ4n) is 2.86. The molecule has 0 aromatic heterocycles. The van der Waals surface area contributed by atoms with Crippen molar-refractivity contribution >= 4 is 0 Å². The standard InChI is InChI=1S/C23H24FNO2/c1-26-23-8-3-2-6-20(23)13-14-25-16-19-5-4-7-22(15-19)27-17-18-9-11-21(24)12-10-18/h2-12,15,25H,13-14,16-17H2,1H3. The Bertz CT molecular complexity index is 849. The highest BCUT2D eigenvalue weighted by Gasteiger charge is 2.02. The van der Waals surface area contributed by atoms with Crippen LogP contribution in [0.3, 0.4) is 0 Å². The molecule has 140 valence electrons. The van der Waals surface area contributed by atoms with Crippen LogP contribution in [0.5, 0.6) is 11.5 Å². The SMILES string of the molecule is COc1ccccc1CCNCc1cccc(OCc2ccc(F)cc2)c1. The van der Waals surface area contributed by atoms with Gasteiger partial charge in [0.1, 0.15) is 23.9 Å². The van der Waals surface area contributed by atoms with Gasteiger partial charge in [-0.3, -0.25) is 0 Å². The summed E-state index contributed by atoms with van der Waals surface area (Å²) in [4.78, 5) is 0. The first-order chi connectivity index (χ1) is 13.2. The Balaban J connectivity index is 1.46. The van der Waals surface area contributed by atoms with E-state index in [9.17, 15) is 4.39 Å². The van der Waals surface area contributed by atoms with Crippen molar-refractivity contribution in [3.05, 3.63) is 95.3 Å². The average molecular weight is 365 g/mol. The average Bonchev–Trinajstić information content (AvgIpc) is 2.71. The predicted molar refractivity (Wildman–Crippen MR) is 106 cm³/mol. The van der Waals surface area contributed by atoms with Crippen LogP contribution in [-0.4, -0.2) is 13.7 Å². The second-order valence-corrected chi connectivity index (χ2v) is 6.30. The molecule has 0 radical (unpaired) electrons. The maximum absolute atomic E-state index is 12.9. The van der Waals surface area contributed by atoms with E-state index in [1.54, 1.807) is 19.2 Å². The lowest BCUT2D eigenvalue weighted by Gasteiger charge is -2.10. The molecule has 0 saturated heterocycles. The van der Waals surface area contributed by atoms with Crippen LogP contribution in [0.2, 0.25) is 0 Å². The minimum atomic E-state index is -0.236. The molecule has 0 aliphatic heterocycles. The Labute approximate surface area is 159 Å². The first kappa shape index (κ1) is 18.9. The molecule has 0 aliphatic rings. The lowest BCUT2D eigenvalue weighted by molar-refractivity contribution is 0.305. The minimum Gasteiger partial charge on any atom is -0.496 e.